The van der Waals surface area contributed by atoms with Crippen molar-refractivity contribution in [1.29, 1.82) is 0 Å². The van der Waals surface area contributed by atoms with Crippen molar-refractivity contribution in [3.8, 4) is 0 Å². The van der Waals surface area contributed by atoms with E-state index in [1.807, 2.05) is 23.9 Å². The third-order valence-corrected chi connectivity index (χ3v) is 5.86. The number of thioether (sulfide) groups is 1. The van der Waals surface area contributed by atoms with Gasteiger partial charge in [0.15, 0.2) is 0 Å². The molecular formula is C12H18N2O2S2. The first-order valence-electron chi connectivity index (χ1n) is 6.01. The summed E-state index contributed by atoms with van der Waals surface area (Å²) in [5.74, 6) is 1.21. The van der Waals surface area contributed by atoms with E-state index in [1.165, 1.54) is 25.6 Å². The summed E-state index contributed by atoms with van der Waals surface area (Å²) in [6.07, 6.45) is 2.46. The van der Waals surface area contributed by atoms with Crippen LogP contribution in [0.5, 0.6) is 0 Å². The van der Waals surface area contributed by atoms with E-state index in [-0.39, 0.29) is 0 Å². The first kappa shape index (κ1) is 13.7. The Labute approximate surface area is 113 Å². The van der Waals surface area contributed by atoms with Crippen molar-refractivity contribution in [2.75, 3.05) is 24.7 Å². The number of nitrogens with one attached hydrogen (secondary N) is 2. The zero-order chi connectivity index (χ0) is 13.0. The SMILES string of the molecule is CNS(=O)(=O)c1ccccc1NCC1CCCS1. The molecule has 1 aliphatic rings. The Bertz CT molecular complexity index is 497. The molecule has 0 spiro atoms. The lowest BCUT2D eigenvalue weighted by Crippen LogP contribution is -2.21. The highest BCUT2D eigenvalue weighted by molar-refractivity contribution is 8.00. The van der Waals surface area contributed by atoms with Crippen LogP contribution in [0.25, 0.3) is 0 Å². The molecule has 1 aromatic carbocycles. The maximum Gasteiger partial charge on any atom is 0.242 e. The van der Waals surface area contributed by atoms with Gasteiger partial charge in [-0.05, 0) is 37.8 Å². The van der Waals surface area contributed by atoms with E-state index < -0.39 is 10.0 Å². The van der Waals surface area contributed by atoms with Crippen molar-refractivity contribution < 1.29 is 8.42 Å². The zero-order valence-corrected chi connectivity index (χ0v) is 12.0. The van der Waals surface area contributed by atoms with E-state index in [9.17, 15) is 8.42 Å². The molecule has 0 aliphatic carbocycles. The van der Waals surface area contributed by atoms with Crippen LogP contribution in [0.15, 0.2) is 29.2 Å². The molecule has 18 heavy (non-hydrogen) atoms. The third-order valence-electron chi connectivity index (χ3n) is 2.99. The van der Waals surface area contributed by atoms with Gasteiger partial charge in [0.1, 0.15) is 4.90 Å². The Balaban J connectivity index is 2.12. The molecule has 100 valence electrons. The molecule has 1 saturated heterocycles. The fraction of sp³-hybridized carbons (Fsp3) is 0.500. The Morgan fingerprint density at radius 2 is 2.17 bits per heavy atom. The van der Waals surface area contributed by atoms with E-state index in [1.54, 1.807) is 12.1 Å². The number of para-hydroxylation sites is 1. The molecule has 2 N–H and O–H groups in total. The van der Waals surface area contributed by atoms with Crippen LogP contribution >= 0.6 is 11.8 Å². The lowest BCUT2D eigenvalue weighted by molar-refractivity contribution is 0.588. The summed E-state index contributed by atoms with van der Waals surface area (Å²) >= 11 is 1.95. The number of sulfonamides is 1. The topological polar surface area (TPSA) is 58.2 Å². The Hall–Kier alpha value is -0.720. The Kier molecular flexibility index (Phi) is 4.53. The number of benzene rings is 1. The van der Waals surface area contributed by atoms with Gasteiger partial charge in [-0.15, -0.1) is 0 Å². The van der Waals surface area contributed by atoms with Gasteiger partial charge in [0.2, 0.25) is 10.0 Å². The lowest BCUT2D eigenvalue weighted by atomic mass is 10.2. The van der Waals surface area contributed by atoms with Crippen LogP contribution in [0.3, 0.4) is 0 Å². The summed E-state index contributed by atoms with van der Waals surface area (Å²) in [6.45, 7) is 0.820. The highest BCUT2D eigenvalue weighted by Gasteiger charge is 2.18. The standard InChI is InChI=1S/C12H18N2O2S2/c1-13-18(15,16)12-7-3-2-6-11(12)14-9-10-5-4-8-17-10/h2-3,6-7,10,13-14H,4-5,8-9H2,1H3. The molecule has 1 aliphatic heterocycles. The summed E-state index contributed by atoms with van der Waals surface area (Å²) in [6, 6.07) is 7.01. The molecule has 1 heterocycles. The van der Waals surface area contributed by atoms with Crippen LogP contribution in [0.1, 0.15) is 12.8 Å². The zero-order valence-electron chi connectivity index (χ0n) is 10.3. The van der Waals surface area contributed by atoms with E-state index in [0.717, 1.165) is 6.54 Å². The monoisotopic (exact) mass is 286 g/mol. The normalized spacial score (nSPS) is 19.9. The second kappa shape index (κ2) is 5.95. The molecule has 1 atom stereocenters. The summed E-state index contributed by atoms with van der Waals surface area (Å²) < 4.78 is 26.1. The van der Waals surface area contributed by atoms with Gasteiger partial charge in [-0.3, -0.25) is 0 Å². The molecule has 1 fully saturated rings. The summed E-state index contributed by atoms with van der Waals surface area (Å²) in [4.78, 5) is 0.315. The maximum absolute atomic E-state index is 11.9. The minimum absolute atomic E-state index is 0.315. The average Bonchev–Trinajstić information content (AvgIpc) is 2.90. The van der Waals surface area contributed by atoms with Gasteiger partial charge in [-0.1, -0.05) is 12.1 Å². The Morgan fingerprint density at radius 1 is 1.39 bits per heavy atom. The van der Waals surface area contributed by atoms with Crippen molar-refractivity contribution in [3.05, 3.63) is 24.3 Å². The quantitative estimate of drug-likeness (QED) is 0.868. The van der Waals surface area contributed by atoms with Gasteiger partial charge < -0.3 is 5.32 Å². The first-order chi connectivity index (χ1) is 8.63. The molecule has 0 radical (unpaired) electrons. The van der Waals surface area contributed by atoms with Gasteiger partial charge in [0.05, 0.1) is 5.69 Å². The number of hydrogen-bond acceptors (Lipinski definition) is 4. The molecular weight excluding hydrogens is 268 g/mol. The second-order valence-electron chi connectivity index (χ2n) is 4.22. The fourth-order valence-corrected chi connectivity index (χ4v) is 4.09. The molecule has 0 aromatic heterocycles. The first-order valence-corrected chi connectivity index (χ1v) is 8.55. The number of anilines is 1. The third kappa shape index (κ3) is 3.18. The average molecular weight is 286 g/mol. The smallest absolute Gasteiger partial charge is 0.242 e. The van der Waals surface area contributed by atoms with Crippen LogP contribution in [-0.2, 0) is 10.0 Å². The van der Waals surface area contributed by atoms with Crippen molar-refractivity contribution >= 4 is 27.5 Å². The van der Waals surface area contributed by atoms with Gasteiger partial charge in [0.25, 0.3) is 0 Å². The maximum atomic E-state index is 11.9. The number of rotatable bonds is 5. The van der Waals surface area contributed by atoms with Crippen LogP contribution in [0.4, 0.5) is 5.69 Å². The molecule has 0 bridgehead atoms. The van der Waals surface area contributed by atoms with E-state index in [0.29, 0.717) is 15.8 Å². The van der Waals surface area contributed by atoms with E-state index in [2.05, 4.69) is 10.0 Å². The lowest BCUT2D eigenvalue weighted by Gasteiger charge is -2.14. The number of hydrogen-bond donors (Lipinski definition) is 2. The highest BCUT2D eigenvalue weighted by atomic mass is 32.2. The van der Waals surface area contributed by atoms with Crippen LogP contribution < -0.4 is 10.0 Å². The fourth-order valence-electron chi connectivity index (χ4n) is 1.99. The highest BCUT2D eigenvalue weighted by Crippen LogP contribution is 2.27. The predicted octanol–water partition coefficient (Wildman–Crippen LogP) is 1.90. The van der Waals surface area contributed by atoms with Gasteiger partial charge >= 0.3 is 0 Å². The van der Waals surface area contributed by atoms with Gasteiger partial charge in [-0.25, -0.2) is 13.1 Å². The molecule has 4 nitrogen and oxygen atoms in total. The van der Waals surface area contributed by atoms with Crippen molar-refractivity contribution in [3.63, 3.8) is 0 Å². The molecule has 1 unspecified atom stereocenters. The van der Waals surface area contributed by atoms with Crippen molar-refractivity contribution in [1.82, 2.24) is 4.72 Å². The van der Waals surface area contributed by atoms with Crippen molar-refractivity contribution in [2.24, 2.45) is 0 Å². The predicted molar refractivity (Wildman–Crippen MR) is 76.7 cm³/mol. The van der Waals surface area contributed by atoms with E-state index in [4.69, 9.17) is 0 Å². The van der Waals surface area contributed by atoms with Crippen LogP contribution in [0.2, 0.25) is 0 Å². The molecule has 2 rings (SSSR count). The molecule has 0 amide bonds. The molecule has 0 saturated carbocycles. The summed E-state index contributed by atoms with van der Waals surface area (Å²) in [5, 5.41) is 3.85. The van der Waals surface area contributed by atoms with Crippen LogP contribution in [0, 0.1) is 0 Å². The minimum atomic E-state index is -3.39. The molecule has 1 aromatic rings. The van der Waals surface area contributed by atoms with Gasteiger partial charge in [0, 0.05) is 11.8 Å². The summed E-state index contributed by atoms with van der Waals surface area (Å²) in [5.41, 5.74) is 0.680. The second-order valence-corrected chi connectivity index (χ2v) is 7.48. The van der Waals surface area contributed by atoms with Crippen molar-refractivity contribution in [2.45, 2.75) is 23.0 Å². The minimum Gasteiger partial charge on any atom is -0.383 e. The Morgan fingerprint density at radius 3 is 2.83 bits per heavy atom. The van der Waals surface area contributed by atoms with Crippen LogP contribution in [-0.4, -0.2) is 33.0 Å². The summed E-state index contributed by atoms with van der Waals surface area (Å²) in [7, 11) is -1.96. The van der Waals surface area contributed by atoms with E-state index >= 15 is 0 Å². The van der Waals surface area contributed by atoms with Gasteiger partial charge in [-0.2, -0.15) is 11.8 Å². The molecule has 6 heteroatoms. The largest absolute Gasteiger partial charge is 0.383 e.